The maximum Gasteiger partial charge on any atom is 0.258 e. The number of hydrogen-bond acceptors (Lipinski definition) is 3. The Morgan fingerprint density at radius 2 is 2.50 bits per heavy atom. The van der Waals surface area contributed by atoms with Crippen molar-refractivity contribution in [2.24, 2.45) is 5.84 Å². The van der Waals surface area contributed by atoms with Crippen molar-refractivity contribution in [3.8, 4) is 0 Å². The Kier molecular flexibility index (Phi) is 3.64. The van der Waals surface area contributed by atoms with E-state index >= 15 is 0 Å². The lowest BCUT2D eigenvalue weighted by Crippen LogP contribution is -2.37. The van der Waals surface area contributed by atoms with Gasteiger partial charge in [-0.3, -0.25) is 14.9 Å². The molecule has 1 aromatic heterocycles. The van der Waals surface area contributed by atoms with E-state index in [1.807, 2.05) is 20.0 Å². The highest BCUT2D eigenvalue weighted by Crippen LogP contribution is 2.13. The van der Waals surface area contributed by atoms with Gasteiger partial charge in [0.15, 0.2) is 0 Å². The molecule has 1 heterocycles. The van der Waals surface area contributed by atoms with E-state index in [1.54, 1.807) is 10.9 Å². The predicted octanol–water partition coefficient (Wildman–Crippen LogP) is 0.523. The van der Waals surface area contributed by atoms with Crippen LogP contribution in [0.25, 0.3) is 0 Å². The zero-order chi connectivity index (χ0) is 10.6. The van der Waals surface area contributed by atoms with Crippen LogP contribution >= 0.6 is 0 Å². The van der Waals surface area contributed by atoms with Crippen LogP contribution in [0.15, 0.2) is 12.4 Å². The number of hydrogen-bond donors (Lipinski definition) is 2. The molecule has 78 valence electrons. The molecule has 5 heteroatoms. The topological polar surface area (TPSA) is 72.9 Å². The summed E-state index contributed by atoms with van der Waals surface area (Å²) < 4.78 is 1.65. The van der Waals surface area contributed by atoms with Crippen LogP contribution in [-0.4, -0.2) is 15.7 Å². The van der Waals surface area contributed by atoms with Crippen LogP contribution in [0.3, 0.4) is 0 Å². The quantitative estimate of drug-likeness (QED) is 0.419. The molecule has 0 saturated carbocycles. The highest BCUT2D eigenvalue weighted by molar-refractivity contribution is 5.79. The van der Waals surface area contributed by atoms with E-state index < -0.39 is 0 Å². The summed E-state index contributed by atoms with van der Waals surface area (Å²) in [4.78, 5) is 11.4. The van der Waals surface area contributed by atoms with Crippen LogP contribution in [0.4, 0.5) is 0 Å². The van der Waals surface area contributed by atoms with Gasteiger partial charge in [0.2, 0.25) is 0 Å². The Morgan fingerprint density at radius 3 is 2.93 bits per heavy atom. The van der Waals surface area contributed by atoms with Crippen molar-refractivity contribution in [2.45, 2.75) is 32.7 Å². The number of nitrogens with two attached hydrogens (primary N) is 1. The van der Waals surface area contributed by atoms with Crippen molar-refractivity contribution in [3.05, 3.63) is 18.0 Å². The number of aromatic nitrogens is 2. The number of carbonyl (C=O) groups is 1. The number of nitrogens with zero attached hydrogens (tertiary/aromatic N) is 2. The lowest BCUT2D eigenvalue weighted by Gasteiger charge is -2.14. The van der Waals surface area contributed by atoms with Gasteiger partial charge in [-0.15, -0.1) is 0 Å². The van der Waals surface area contributed by atoms with Gasteiger partial charge in [0, 0.05) is 6.20 Å². The van der Waals surface area contributed by atoms with E-state index in [2.05, 4.69) is 10.5 Å². The fourth-order valence-corrected chi connectivity index (χ4v) is 1.36. The second kappa shape index (κ2) is 4.76. The van der Waals surface area contributed by atoms with Crippen molar-refractivity contribution >= 4 is 5.91 Å². The first-order valence-corrected chi connectivity index (χ1v) is 4.70. The van der Waals surface area contributed by atoms with E-state index in [9.17, 15) is 4.79 Å². The summed E-state index contributed by atoms with van der Waals surface area (Å²) in [6.07, 6.45) is 5.23. The fraction of sp³-hybridized carbons (Fsp3) is 0.556. The van der Waals surface area contributed by atoms with Gasteiger partial charge in [0.25, 0.3) is 5.91 Å². The molecule has 1 unspecified atom stereocenters. The maximum absolute atomic E-state index is 11.4. The van der Waals surface area contributed by atoms with E-state index in [4.69, 9.17) is 5.84 Å². The molecule has 0 aromatic carbocycles. The fourth-order valence-electron chi connectivity index (χ4n) is 1.36. The van der Waals surface area contributed by atoms with Gasteiger partial charge < -0.3 is 0 Å². The standard InChI is InChI=1S/C9H16N4O/c1-3-4-8(9(14)12-10)13-6-7(2)5-11-13/h5-6,8H,3-4,10H2,1-2H3,(H,12,14). The van der Waals surface area contributed by atoms with Crippen molar-refractivity contribution in [1.82, 2.24) is 15.2 Å². The van der Waals surface area contributed by atoms with Gasteiger partial charge in [0.1, 0.15) is 6.04 Å². The minimum Gasteiger partial charge on any atom is -0.292 e. The highest BCUT2D eigenvalue weighted by Gasteiger charge is 2.18. The predicted molar refractivity (Wildman–Crippen MR) is 53.2 cm³/mol. The molecule has 0 aliphatic heterocycles. The normalized spacial score (nSPS) is 12.5. The SMILES string of the molecule is CCCC(C(=O)NN)n1cc(C)cn1. The minimum absolute atomic E-state index is 0.199. The van der Waals surface area contributed by atoms with E-state index in [1.165, 1.54) is 0 Å². The molecule has 1 aromatic rings. The molecule has 14 heavy (non-hydrogen) atoms. The number of aryl methyl sites for hydroxylation is 1. The number of rotatable bonds is 4. The molecule has 0 aliphatic carbocycles. The van der Waals surface area contributed by atoms with Crippen LogP contribution in [-0.2, 0) is 4.79 Å². The summed E-state index contributed by atoms with van der Waals surface area (Å²) in [6, 6.07) is -0.293. The lowest BCUT2D eigenvalue weighted by atomic mass is 10.1. The van der Waals surface area contributed by atoms with Gasteiger partial charge in [-0.25, -0.2) is 5.84 Å². The smallest absolute Gasteiger partial charge is 0.258 e. The Bertz CT molecular complexity index is 308. The number of hydrazine groups is 1. The summed E-state index contributed by atoms with van der Waals surface area (Å²) in [5.74, 6) is 4.91. The molecular formula is C9H16N4O. The number of carbonyl (C=O) groups excluding carboxylic acids is 1. The van der Waals surface area contributed by atoms with Crippen molar-refractivity contribution < 1.29 is 4.79 Å². The first-order chi connectivity index (χ1) is 6.69. The van der Waals surface area contributed by atoms with Gasteiger partial charge in [-0.1, -0.05) is 13.3 Å². The molecule has 0 saturated heterocycles. The Labute approximate surface area is 83.2 Å². The summed E-state index contributed by atoms with van der Waals surface area (Å²) in [7, 11) is 0. The zero-order valence-electron chi connectivity index (χ0n) is 8.53. The minimum atomic E-state index is -0.293. The van der Waals surface area contributed by atoms with Gasteiger partial charge >= 0.3 is 0 Å². The second-order valence-electron chi connectivity index (χ2n) is 3.31. The molecule has 0 fully saturated rings. The number of amides is 1. The van der Waals surface area contributed by atoms with Gasteiger partial charge in [0.05, 0.1) is 6.20 Å². The van der Waals surface area contributed by atoms with E-state index in [0.29, 0.717) is 0 Å². The first kappa shape index (κ1) is 10.7. The van der Waals surface area contributed by atoms with E-state index in [0.717, 1.165) is 18.4 Å². The number of nitrogens with one attached hydrogen (secondary N) is 1. The Balaban J connectivity index is 2.82. The molecule has 3 N–H and O–H groups in total. The lowest BCUT2D eigenvalue weighted by molar-refractivity contribution is -0.124. The molecule has 1 amide bonds. The Morgan fingerprint density at radius 1 is 1.79 bits per heavy atom. The third kappa shape index (κ3) is 2.32. The van der Waals surface area contributed by atoms with Crippen LogP contribution in [0.5, 0.6) is 0 Å². The molecular weight excluding hydrogens is 180 g/mol. The van der Waals surface area contributed by atoms with Gasteiger partial charge in [-0.05, 0) is 18.9 Å². The largest absolute Gasteiger partial charge is 0.292 e. The maximum atomic E-state index is 11.4. The summed E-state index contributed by atoms with van der Waals surface area (Å²) in [5.41, 5.74) is 3.20. The van der Waals surface area contributed by atoms with Crippen LogP contribution < -0.4 is 11.3 Å². The molecule has 0 aliphatic rings. The monoisotopic (exact) mass is 196 g/mol. The van der Waals surface area contributed by atoms with Crippen molar-refractivity contribution in [1.29, 1.82) is 0 Å². The van der Waals surface area contributed by atoms with Crippen LogP contribution in [0.2, 0.25) is 0 Å². The second-order valence-corrected chi connectivity index (χ2v) is 3.31. The zero-order valence-corrected chi connectivity index (χ0v) is 8.53. The molecule has 0 spiro atoms. The summed E-state index contributed by atoms with van der Waals surface area (Å²) >= 11 is 0. The molecule has 0 radical (unpaired) electrons. The van der Waals surface area contributed by atoms with Crippen LogP contribution in [0, 0.1) is 6.92 Å². The third-order valence-electron chi connectivity index (χ3n) is 2.06. The van der Waals surface area contributed by atoms with Crippen molar-refractivity contribution in [3.63, 3.8) is 0 Å². The highest BCUT2D eigenvalue weighted by atomic mass is 16.2. The van der Waals surface area contributed by atoms with E-state index in [-0.39, 0.29) is 11.9 Å². The molecule has 1 rings (SSSR count). The first-order valence-electron chi connectivity index (χ1n) is 4.70. The van der Waals surface area contributed by atoms with Crippen LogP contribution in [0.1, 0.15) is 31.4 Å². The van der Waals surface area contributed by atoms with Gasteiger partial charge in [-0.2, -0.15) is 5.10 Å². The van der Waals surface area contributed by atoms with Crippen molar-refractivity contribution in [2.75, 3.05) is 0 Å². The Hall–Kier alpha value is -1.36. The average Bonchev–Trinajstić information content (AvgIpc) is 2.60. The molecule has 1 atom stereocenters. The third-order valence-corrected chi connectivity index (χ3v) is 2.06. The molecule has 5 nitrogen and oxygen atoms in total. The summed E-state index contributed by atoms with van der Waals surface area (Å²) in [5, 5.41) is 4.10. The average molecular weight is 196 g/mol. The molecule has 0 bridgehead atoms. The summed E-state index contributed by atoms with van der Waals surface area (Å²) in [6.45, 7) is 3.96.